The number of hydrogen-bond acceptors (Lipinski definition) is 4. The molecule has 0 saturated heterocycles. The van der Waals surface area contributed by atoms with Gasteiger partial charge < -0.3 is 0 Å². The van der Waals surface area contributed by atoms with E-state index in [0.717, 1.165) is 0 Å². The van der Waals surface area contributed by atoms with Crippen LogP contribution in [-0.4, -0.2) is 11.0 Å². The molecule has 1 rings (SSSR count). The number of aromatic nitrogens is 1. The zero-order valence-electron chi connectivity index (χ0n) is 6.28. The minimum atomic E-state index is -0.546. The Labute approximate surface area is 74.0 Å². The predicted molar refractivity (Wildman–Crippen MR) is 41.6 cm³/mol. The first-order valence-electron chi connectivity index (χ1n) is 3.16. The highest BCUT2D eigenvalue weighted by molar-refractivity contribution is 6.30. The van der Waals surface area contributed by atoms with Gasteiger partial charge in [-0.05, 0) is 12.1 Å². The molecule has 0 bridgehead atoms. The molecule has 64 valence electrons. The molecule has 1 heterocycles. The van der Waals surface area contributed by atoms with Gasteiger partial charge in [0.1, 0.15) is 0 Å². The highest BCUT2D eigenvalue weighted by atomic mass is 35.5. The minimum absolute atomic E-state index is 0.152. The van der Waals surface area contributed by atoms with Gasteiger partial charge in [-0.3, -0.25) is 9.78 Å². The smallest absolute Gasteiger partial charge is 0.284 e. The Hall–Kier alpha value is -1.29. The standard InChI is InChI=1S/C7H6ClNO3/c1-5(10)11-12-6-3-2-4-9-7(6)8/h2-4H,1H3. The third-order valence-corrected chi connectivity index (χ3v) is 1.26. The first kappa shape index (κ1) is 8.80. The molecule has 1 aromatic heterocycles. The zero-order chi connectivity index (χ0) is 8.97. The second-order valence-corrected chi connectivity index (χ2v) is 2.31. The quantitative estimate of drug-likeness (QED) is 0.401. The van der Waals surface area contributed by atoms with Gasteiger partial charge in [-0.15, -0.1) is 0 Å². The van der Waals surface area contributed by atoms with E-state index >= 15 is 0 Å². The highest BCUT2D eigenvalue weighted by Crippen LogP contribution is 2.20. The van der Waals surface area contributed by atoms with E-state index in [9.17, 15) is 4.79 Å². The van der Waals surface area contributed by atoms with Crippen LogP contribution in [0, 0.1) is 0 Å². The van der Waals surface area contributed by atoms with E-state index in [1.54, 1.807) is 6.07 Å². The molecule has 0 fully saturated rings. The molecule has 0 saturated carbocycles. The van der Waals surface area contributed by atoms with Gasteiger partial charge in [0.25, 0.3) is 0 Å². The van der Waals surface area contributed by atoms with Crippen LogP contribution in [0.3, 0.4) is 0 Å². The van der Waals surface area contributed by atoms with Crippen LogP contribution in [-0.2, 0) is 9.68 Å². The lowest BCUT2D eigenvalue weighted by Gasteiger charge is -2.01. The van der Waals surface area contributed by atoms with Crippen molar-refractivity contribution in [1.82, 2.24) is 4.98 Å². The summed E-state index contributed by atoms with van der Waals surface area (Å²) in [6, 6.07) is 3.16. The molecule has 5 heteroatoms. The van der Waals surface area contributed by atoms with Crippen LogP contribution in [0.4, 0.5) is 0 Å². The molecule has 0 amide bonds. The van der Waals surface area contributed by atoms with Crippen molar-refractivity contribution >= 4 is 17.6 Å². The van der Waals surface area contributed by atoms with Crippen molar-refractivity contribution in [1.29, 1.82) is 0 Å². The maximum Gasteiger partial charge on any atom is 0.352 e. The molecule has 4 nitrogen and oxygen atoms in total. The molecule has 0 aliphatic carbocycles. The van der Waals surface area contributed by atoms with Gasteiger partial charge in [-0.1, -0.05) is 11.6 Å². The number of hydrogen-bond donors (Lipinski definition) is 0. The zero-order valence-corrected chi connectivity index (χ0v) is 7.04. The maximum absolute atomic E-state index is 10.3. The Bertz CT molecular complexity index is 290. The number of carbonyl (C=O) groups is 1. The van der Waals surface area contributed by atoms with Crippen molar-refractivity contribution in [2.45, 2.75) is 6.92 Å². The number of nitrogens with zero attached hydrogens (tertiary/aromatic N) is 1. The Kier molecular flexibility index (Phi) is 2.88. The highest BCUT2D eigenvalue weighted by Gasteiger charge is 2.03. The number of carbonyl (C=O) groups excluding carboxylic acids is 1. The molecule has 0 aliphatic heterocycles. The van der Waals surface area contributed by atoms with Crippen LogP contribution >= 0.6 is 11.6 Å². The van der Waals surface area contributed by atoms with Gasteiger partial charge in [0.15, 0.2) is 5.15 Å². The molecule has 0 aromatic carbocycles. The minimum Gasteiger partial charge on any atom is -0.284 e. The molecule has 0 atom stereocenters. The summed E-state index contributed by atoms with van der Waals surface area (Å²) in [4.78, 5) is 22.8. The average Bonchev–Trinajstić information content (AvgIpc) is 2.03. The molecule has 0 aliphatic rings. The molecule has 12 heavy (non-hydrogen) atoms. The Morgan fingerprint density at radius 1 is 1.67 bits per heavy atom. The Morgan fingerprint density at radius 3 is 3.00 bits per heavy atom. The summed E-state index contributed by atoms with van der Waals surface area (Å²) in [5.41, 5.74) is 0. The lowest BCUT2D eigenvalue weighted by Crippen LogP contribution is -2.03. The lowest BCUT2D eigenvalue weighted by atomic mass is 10.5. The molecule has 1 aromatic rings. The normalized spacial score (nSPS) is 9.17. The van der Waals surface area contributed by atoms with Crippen LogP contribution in [0.25, 0.3) is 0 Å². The molecule has 0 unspecified atom stereocenters. The van der Waals surface area contributed by atoms with Crippen molar-refractivity contribution in [2.75, 3.05) is 0 Å². The van der Waals surface area contributed by atoms with Crippen LogP contribution < -0.4 is 4.89 Å². The summed E-state index contributed by atoms with van der Waals surface area (Å²) in [6.45, 7) is 1.23. The summed E-state index contributed by atoms with van der Waals surface area (Å²) >= 11 is 5.58. The maximum atomic E-state index is 10.3. The first-order valence-corrected chi connectivity index (χ1v) is 3.53. The summed E-state index contributed by atoms with van der Waals surface area (Å²) < 4.78 is 0. The molecule has 0 spiro atoms. The van der Waals surface area contributed by atoms with E-state index < -0.39 is 5.97 Å². The molecule has 0 radical (unpaired) electrons. The topological polar surface area (TPSA) is 48.4 Å². The largest absolute Gasteiger partial charge is 0.352 e. The molecule has 0 N–H and O–H groups in total. The van der Waals surface area contributed by atoms with Gasteiger partial charge in [-0.2, -0.15) is 0 Å². The van der Waals surface area contributed by atoms with Gasteiger partial charge in [0, 0.05) is 13.1 Å². The third-order valence-electron chi connectivity index (χ3n) is 0.974. The van der Waals surface area contributed by atoms with Crippen molar-refractivity contribution in [3.05, 3.63) is 23.5 Å². The summed E-state index contributed by atoms with van der Waals surface area (Å²) in [5, 5.41) is 0.152. The lowest BCUT2D eigenvalue weighted by molar-refractivity contribution is -0.210. The van der Waals surface area contributed by atoms with E-state index in [-0.39, 0.29) is 10.9 Å². The fourth-order valence-electron chi connectivity index (χ4n) is 0.537. The van der Waals surface area contributed by atoms with E-state index in [1.165, 1.54) is 19.2 Å². The molecular formula is C7H6ClNO3. The monoisotopic (exact) mass is 187 g/mol. The van der Waals surface area contributed by atoms with E-state index in [4.69, 9.17) is 11.6 Å². The van der Waals surface area contributed by atoms with Crippen molar-refractivity contribution in [3.8, 4) is 5.75 Å². The third kappa shape index (κ3) is 2.39. The van der Waals surface area contributed by atoms with Crippen LogP contribution in [0.15, 0.2) is 18.3 Å². The predicted octanol–water partition coefficient (Wildman–Crippen LogP) is 1.59. The van der Waals surface area contributed by atoms with Gasteiger partial charge in [-0.25, -0.2) is 9.78 Å². The van der Waals surface area contributed by atoms with Gasteiger partial charge in [0.2, 0.25) is 5.75 Å². The fourth-order valence-corrected chi connectivity index (χ4v) is 0.688. The van der Waals surface area contributed by atoms with E-state index in [2.05, 4.69) is 14.8 Å². The number of halogens is 1. The second-order valence-electron chi connectivity index (χ2n) is 1.95. The van der Waals surface area contributed by atoms with Gasteiger partial charge in [0.05, 0.1) is 0 Å². The van der Waals surface area contributed by atoms with Crippen molar-refractivity contribution in [3.63, 3.8) is 0 Å². The van der Waals surface area contributed by atoms with Gasteiger partial charge >= 0.3 is 5.97 Å². The number of rotatable bonds is 2. The van der Waals surface area contributed by atoms with E-state index in [1.807, 2.05) is 0 Å². The van der Waals surface area contributed by atoms with Crippen LogP contribution in [0.2, 0.25) is 5.15 Å². The average molecular weight is 188 g/mol. The fraction of sp³-hybridized carbons (Fsp3) is 0.143. The second kappa shape index (κ2) is 3.92. The number of pyridine rings is 1. The summed E-state index contributed by atoms with van der Waals surface area (Å²) in [5.74, 6) is -0.329. The molecular weight excluding hydrogens is 182 g/mol. The summed E-state index contributed by atoms with van der Waals surface area (Å²) in [6.07, 6.45) is 1.50. The van der Waals surface area contributed by atoms with Crippen molar-refractivity contribution in [2.24, 2.45) is 0 Å². The van der Waals surface area contributed by atoms with Crippen LogP contribution in [0.1, 0.15) is 6.92 Å². The summed E-state index contributed by atoms with van der Waals surface area (Å²) in [7, 11) is 0. The van der Waals surface area contributed by atoms with Crippen LogP contribution in [0.5, 0.6) is 5.75 Å². The Morgan fingerprint density at radius 2 is 2.42 bits per heavy atom. The SMILES string of the molecule is CC(=O)OOc1cccnc1Cl. The van der Waals surface area contributed by atoms with E-state index in [0.29, 0.717) is 0 Å². The first-order chi connectivity index (χ1) is 5.70. The Balaban J connectivity index is 2.63. The van der Waals surface area contributed by atoms with Crippen molar-refractivity contribution < 1.29 is 14.6 Å².